The summed E-state index contributed by atoms with van der Waals surface area (Å²) in [7, 11) is 0. The molecule has 3 nitrogen and oxygen atoms in total. The number of carbonyl (C=O) groups excluding carboxylic acids is 1. The first-order valence-electron chi connectivity index (χ1n) is 7.03. The molecule has 0 unspecified atom stereocenters. The highest BCUT2D eigenvalue weighted by Crippen LogP contribution is 2.30. The van der Waals surface area contributed by atoms with Gasteiger partial charge in [0.1, 0.15) is 11.6 Å². The Morgan fingerprint density at radius 2 is 2.10 bits per heavy atom. The third-order valence-corrected chi connectivity index (χ3v) is 4.00. The third-order valence-electron chi connectivity index (χ3n) is 4.00. The van der Waals surface area contributed by atoms with E-state index in [2.05, 4.69) is 5.32 Å². The van der Waals surface area contributed by atoms with E-state index in [0.29, 0.717) is 13.1 Å². The van der Waals surface area contributed by atoms with Crippen LogP contribution in [0.3, 0.4) is 0 Å². The second-order valence-corrected chi connectivity index (χ2v) is 5.31. The Balaban J connectivity index is 0.00000220. The van der Waals surface area contributed by atoms with Gasteiger partial charge in [-0.05, 0) is 55.5 Å². The minimum absolute atomic E-state index is 0. The monoisotopic (exact) mass is 318 g/mol. The van der Waals surface area contributed by atoms with Crippen molar-refractivity contribution < 1.29 is 13.6 Å². The minimum atomic E-state index is -0.466. The number of nitrogens with two attached hydrogens (primary N) is 1. The van der Waals surface area contributed by atoms with Crippen LogP contribution in [-0.2, 0) is 11.2 Å². The van der Waals surface area contributed by atoms with E-state index < -0.39 is 11.6 Å². The van der Waals surface area contributed by atoms with Gasteiger partial charge in [-0.3, -0.25) is 4.79 Å². The van der Waals surface area contributed by atoms with Crippen molar-refractivity contribution in [2.45, 2.75) is 25.7 Å². The number of hydrogen-bond donors (Lipinski definition) is 2. The molecule has 1 aromatic rings. The maximum Gasteiger partial charge on any atom is 0.223 e. The first kappa shape index (κ1) is 17.9. The molecule has 21 heavy (non-hydrogen) atoms. The van der Waals surface area contributed by atoms with Crippen molar-refractivity contribution in [2.24, 2.45) is 17.6 Å². The molecule has 2 atom stereocenters. The van der Waals surface area contributed by atoms with Crippen LogP contribution < -0.4 is 11.1 Å². The van der Waals surface area contributed by atoms with E-state index in [1.54, 1.807) is 0 Å². The van der Waals surface area contributed by atoms with Gasteiger partial charge in [-0.1, -0.05) is 6.42 Å². The van der Waals surface area contributed by atoms with E-state index in [1.165, 1.54) is 6.07 Å². The van der Waals surface area contributed by atoms with E-state index in [4.69, 9.17) is 5.73 Å². The molecular weight excluding hydrogens is 298 g/mol. The average molecular weight is 319 g/mol. The van der Waals surface area contributed by atoms with Crippen LogP contribution in [0, 0.1) is 23.5 Å². The molecule has 0 radical (unpaired) electrons. The molecule has 3 N–H and O–H groups in total. The van der Waals surface area contributed by atoms with Crippen LogP contribution in [-0.4, -0.2) is 19.0 Å². The predicted molar refractivity (Wildman–Crippen MR) is 80.2 cm³/mol. The molecule has 1 amide bonds. The molecule has 1 saturated carbocycles. The maximum absolute atomic E-state index is 13.4. The third kappa shape index (κ3) is 4.64. The maximum atomic E-state index is 13.4. The summed E-state index contributed by atoms with van der Waals surface area (Å²) < 4.78 is 26.4. The van der Waals surface area contributed by atoms with Crippen LogP contribution in [0.5, 0.6) is 0 Å². The summed E-state index contributed by atoms with van der Waals surface area (Å²) in [5, 5.41) is 2.80. The Bertz CT molecular complexity index is 485. The lowest BCUT2D eigenvalue weighted by atomic mass is 9.95. The van der Waals surface area contributed by atoms with Crippen LogP contribution in [0.25, 0.3) is 0 Å². The highest BCUT2D eigenvalue weighted by Gasteiger charge is 2.31. The smallest absolute Gasteiger partial charge is 0.223 e. The first-order valence-corrected chi connectivity index (χ1v) is 7.03. The van der Waals surface area contributed by atoms with Crippen LogP contribution in [0.15, 0.2) is 18.2 Å². The van der Waals surface area contributed by atoms with Crippen molar-refractivity contribution >= 4 is 18.3 Å². The second kappa shape index (κ2) is 8.29. The minimum Gasteiger partial charge on any atom is -0.356 e. The summed E-state index contributed by atoms with van der Waals surface area (Å²) in [5.74, 6) is -0.707. The van der Waals surface area contributed by atoms with Gasteiger partial charge in [-0.15, -0.1) is 12.4 Å². The Morgan fingerprint density at radius 1 is 1.33 bits per heavy atom. The Labute approximate surface area is 129 Å². The molecule has 0 aromatic heterocycles. The van der Waals surface area contributed by atoms with Gasteiger partial charge in [0.05, 0.1) is 0 Å². The largest absolute Gasteiger partial charge is 0.356 e. The molecule has 0 aliphatic heterocycles. The molecule has 1 fully saturated rings. The normalized spacial score (nSPS) is 20.9. The SMILES string of the molecule is Cl.NC[C@H]1CCC[C@H]1C(=O)NCCc1cc(F)ccc1F. The van der Waals surface area contributed by atoms with Gasteiger partial charge in [0.2, 0.25) is 5.91 Å². The van der Waals surface area contributed by atoms with Crippen LogP contribution in [0.2, 0.25) is 0 Å². The van der Waals surface area contributed by atoms with E-state index in [-0.39, 0.29) is 42.1 Å². The second-order valence-electron chi connectivity index (χ2n) is 5.31. The van der Waals surface area contributed by atoms with E-state index in [0.717, 1.165) is 31.4 Å². The number of nitrogens with one attached hydrogen (secondary N) is 1. The van der Waals surface area contributed by atoms with Gasteiger partial charge in [-0.2, -0.15) is 0 Å². The molecule has 0 bridgehead atoms. The van der Waals surface area contributed by atoms with Crippen molar-refractivity contribution in [3.8, 4) is 0 Å². The van der Waals surface area contributed by atoms with Gasteiger partial charge < -0.3 is 11.1 Å². The zero-order valence-corrected chi connectivity index (χ0v) is 12.6. The molecule has 1 aromatic carbocycles. The summed E-state index contributed by atoms with van der Waals surface area (Å²) in [6, 6.07) is 3.36. The fourth-order valence-corrected chi connectivity index (χ4v) is 2.85. The summed E-state index contributed by atoms with van der Waals surface area (Å²) in [5.41, 5.74) is 5.93. The van der Waals surface area contributed by atoms with Crippen molar-refractivity contribution in [2.75, 3.05) is 13.1 Å². The first-order chi connectivity index (χ1) is 9.61. The lowest BCUT2D eigenvalue weighted by Crippen LogP contribution is -2.36. The number of rotatable bonds is 5. The van der Waals surface area contributed by atoms with E-state index >= 15 is 0 Å². The highest BCUT2D eigenvalue weighted by molar-refractivity contribution is 5.85. The van der Waals surface area contributed by atoms with Crippen molar-refractivity contribution in [3.63, 3.8) is 0 Å². The number of hydrogen-bond acceptors (Lipinski definition) is 2. The van der Waals surface area contributed by atoms with Gasteiger partial charge in [-0.25, -0.2) is 8.78 Å². The molecule has 0 heterocycles. The number of carbonyl (C=O) groups is 1. The average Bonchev–Trinajstić information content (AvgIpc) is 2.91. The predicted octanol–water partition coefficient (Wildman–Crippen LogP) is 2.42. The lowest BCUT2D eigenvalue weighted by molar-refractivity contribution is -0.125. The van der Waals surface area contributed by atoms with Crippen molar-refractivity contribution in [1.82, 2.24) is 5.32 Å². The number of benzene rings is 1. The molecule has 118 valence electrons. The summed E-state index contributed by atoms with van der Waals surface area (Å²) in [4.78, 5) is 12.0. The molecular formula is C15H21ClF2N2O. The molecule has 2 rings (SSSR count). The fourth-order valence-electron chi connectivity index (χ4n) is 2.85. The number of halogens is 3. The zero-order valence-electron chi connectivity index (χ0n) is 11.8. The molecule has 1 aliphatic rings. The van der Waals surface area contributed by atoms with Crippen LogP contribution in [0.1, 0.15) is 24.8 Å². The lowest BCUT2D eigenvalue weighted by Gasteiger charge is -2.17. The summed E-state index contributed by atoms with van der Waals surface area (Å²) >= 11 is 0. The summed E-state index contributed by atoms with van der Waals surface area (Å²) in [6.45, 7) is 0.837. The number of amides is 1. The van der Waals surface area contributed by atoms with E-state index in [9.17, 15) is 13.6 Å². The van der Waals surface area contributed by atoms with Crippen LogP contribution in [0.4, 0.5) is 8.78 Å². The van der Waals surface area contributed by atoms with Gasteiger partial charge in [0, 0.05) is 12.5 Å². The zero-order chi connectivity index (χ0) is 14.5. The summed E-state index contributed by atoms with van der Waals surface area (Å²) in [6.07, 6.45) is 3.17. The van der Waals surface area contributed by atoms with Crippen molar-refractivity contribution in [3.05, 3.63) is 35.4 Å². The quantitative estimate of drug-likeness (QED) is 0.876. The van der Waals surface area contributed by atoms with E-state index in [1.807, 2.05) is 0 Å². The Morgan fingerprint density at radius 3 is 2.81 bits per heavy atom. The highest BCUT2D eigenvalue weighted by atomic mass is 35.5. The fraction of sp³-hybridized carbons (Fsp3) is 0.533. The standard InChI is InChI=1S/C15H20F2N2O.ClH/c16-12-4-5-14(17)10(8-12)6-7-19-15(20)13-3-1-2-11(13)9-18;/h4-5,8,11,13H,1-3,6-7,9,18H2,(H,19,20);1H/t11-,13-;/m1./s1. The molecule has 0 saturated heterocycles. The Hall–Kier alpha value is -1.20. The Kier molecular flexibility index (Phi) is 7.05. The van der Waals surface area contributed by atoms with Gasteiger partial charge >= 0.3 is 0 Å². The van der Waals surface area contributed by atoms with Crippen molar-refractivity contribution in [1.29, 1.82) is 0 Å². The molecule has 6 heteroatoms. The van der Waals surface area contributed by atoms with Gasteiger partial charge in [0.15, 0.2) is 0 Å². The molecule has 0 spiro atoms. The molecule has 1 aliphatic carbocycles. The topological polar surface area (TPSA) is 55.1 Å². The van der Waals surface area contributed by atoms with Crippen LogP contribution >= 0.6 is 12.4 Å². The van der Waals surface area contributed by atoms with Gasteiger partial charge in [0.25, 0.3) is 0 Å².